The van der Waals surface area contributed by atoms with E-state index in [-0.39, 0.29) is 11.7 Å². The van der Waals surface area contributed by atoms with Crippen molar-refractivity contribution in [2.24, 2.45) is 0 Å². The molecule has 2 heterocycles. The summed E-state index contributed by atoms with van der Waals surface area (Å²) in [4.78, 5) is 14.8. The number of rotatable bonds is 4. The molecule has 0 bridgehead atoms. The lowest BCUT2D eigenvalue weighted by Gasteiger charge is -2.28. The Labute approximate surface area is 164 Å². The summed E-state index contributed by atoms with van der Waals surface area (Å²) in [6.07, 6.45) is 2.21. The molecule has 2 aromatic carbocycles. The first-order valence-electron chi connectivity index (χ1n) is 9.68. The Balaban J connectivity index is 1.52. The smallest absolute Gasteiger partial charge is 0.227 e. The van der Waals surface area contributed by atoms with Gasteiger partial charge in [0.1, 0.15) is 5.82 Å². The lowest BCUT2D eigenvalue weighted by molar-refractivity contribution is -0.131. The lowest BCUT2D eigenvalue weighted by Crippen LogP contribution is -2.39. The van der Waals surface area contributed by atoms with Crippen molar-refractivity contribution in [3.8, 4) is 11.1 Å². The van der Waals surface area contributed by atoms with Crippen molar-refractivity contribution in [1.82, 2.24) is 14.7 Å². The van der Waals surface area contributed by atoms with Gasteiger partial charge in [0.2, 0.25) is 5.91 Å². The van der Waals surface area contributed by atoms with Crippen molar-refractivity contribution in [3.63, 3.8) is 0 Å². The minimum absolute atomic E-state index is 0.124. The van der Waals surface area contributed by atoms with Crippen molar-refractivity contribution in [3.05, 3.63) is 77.4 Å². The van der Waals surface area contributed by atoms with Crippen molar-refractivity contribution < 1.29 is 9.18 Å². The zero-order chi connectivity index (χ0) is 19.7. The van der Waals surface area contributed by atoms with Crippen LogP contribution in [0.25, 0.3) is 11.1 Å². The summed E-state index contributed by atoms with van der Waals surface area (Å²) >= 11 is 0. The highest BCUT2D eigenvalue weighted by molar-refractivity contribution is 5.79. The lowest BCUT2D eigenvalue weighted by atomic mass is 9.99. The zero-order valence-corrected chi connectivity index (χ0v) is 16.2. The van der Waals surface area contributed by atoms with E-state index in [1.54, 1.807) is 12.1 Å². The third-order valence-corrected chi connectivity index (χ3v) is 5.35. The van der Waals surface area contributed by atoms with Crippen LogP contribution in [0.1, 0.15) is 36.6 Å². The summed E-state index contributed by atoms with van der Waals surface area (Å²) in [5, 5.41) is 4.45. The van der Waals surface area contributed by atoms with Crippen LogP contribution in [0, 0.1) is 5.82 Å². The molecule has 1 aliphatic heterocycles. The summed E-state index contributed by atoms with van der Waals surface area (Å²) in [6, 6.07) is 14.7. The third kappa shape index (κ3) is 3.70. The van der Waals surface area contributed by atoms with Crippen LogP contribution in [0.5, 0.6) is 0 Å². The summed E-state index contributed by atoms with van der Waals surface area (Å²) in [7, 11) is 0. The molecule has 5 heteroatoms. The third-order valence-electron chi connectivity index (χ3n) is 5.35. The molecule has 1 aliphatic rings. The molecule has 0 aliphatic carbocycles. The number of halogens is 1. The number of hydrogen-bond acceptors (Lipinski definition) is 2. The molecule has 0 saturated carbocycles. The monoisotopic (exact) mass is 377 g/mol. The summed E-state index contributed by atoms with van der Waals surface area (Å²) in [6.45, 7) is 6.16. The maximum atomic E-state index is 13.2. The summed E-state index contributed by atoms with van der Waals surface area (Å²) < 4.78 is 15.2. The van der Waals surface area contributed by atoms with Gasteiger partial charge in [0.15, 0.2) is 0 Å². The van der Waals surface area contributed by atoms with E-state index in [1.165, 1.54) is 17.7 Å². The molecule has 0 fully saturated rings. The van der Waals surface area contributed by atoms with Crippen LogP contribution >= 0.6 is 0 Å². The highest BCUT2D eigenvalue weighted by Gasteiger charge is 2.24. The fourth-order valence-electron chi connectivity index (χ4n) is 3.68. The van der Waals surface area contributed by atoms with E-state index in [2.05, 4.69) is 31.1 Å². The Hall–Kier alpha value is -2.95. The standard InChI is InChI=1S/C23H24FN3O/c1-16(2)19-5-3-4-17(12-19)13-23(28)26-10-11-27-22(15-26)21(14-25-27)18-6-8-20(24)9-7-18/h3-9,12,14,16H,10-11,13,15H2,1-2H3. The van der Waals surface area contributed by atoms with Crippen LogP contribution in [0.2, 0.25) is 0 Å². The minimum Gasteiger partial charge on any atom is -0.335 e. The van der Waals surface area contributed by atoms with E-state index >= 15 is 0 Å². The van der Waals surface area contributed by atoms with Crippen LogP contribution in [-0.2, 0) is 24.3 Å². The number of benzene rings is 2. The van der Waals surface area contributed by atoms with Crippen LogP contribution in [-0.4, -0.2) is 27.1 Å². The molecule has 0 spiro atoms. The molecule has 0 radical (unpaired) electrons. The van der Waals surface area contributed by atoms with Gasteiger partial charge in [0, 0.05) is 12.1 Å². The number of nitrogens with zero attached hydrogens (tertiary/aromatic N) is 3. The van der Waals surface area contributed by atoms with Gasteiger partial charge in [-0.2, -0.15) is 5.10 Å². The molecule has 0 N–H and O–H groups in total. The molecule has 1 amide bonds. The van der Waals surface area contributed by atoms with Crippen LogP contribution < -0.4 is 0 Å². The number of carbonyl (C=O) groups excluding carboxylic acids is 1. The van der Waals surface area contributed by atoms with Gasteiger partial charge in [-0.05, 0) is 34.7 Å². The second-order valence-corrected chi connectivity index (χ2v) is 7.63. The average molecular weight is 377 g/mol. The predicted molar refractivity (Wildman–Crippen MR) is 107 cm³/mol. The zero-order valence-electron chi connectivity index (χ0n) is 16.2. The molecule has 144 valence electrons. The predicted octanol–water partition coefficient (Wildman–Crippen LogP) is 4.40. The van der Waals surface area contributed by atoms with E-state index in [0.717, 1.165) is 22.4 Å². The Morgan fingerprint density at radius 1 is 1.14 bits per heavy atom. The first-order chi connectivity index (χ1) is 13.5. The molecule has 3 aromatic rings. The molecule has 0 unspecified atom stereocenters. The maximum Gasteiger partial charge on any atom is 0.227 e. The van der Waals surface area contributed by atoms with Crippen LogP contribution in [0.3, 0.4) is 0 Å². The van der Waals surface area contributed by atoms with Gasteiger partial charge in [-0.1, -0.05) is 50.2 Å². The molecular weight excluding hydrogens is 353 g/mol. The van der Waals surface area contributed by atoms with Gasteiger partial charge >= 0.3 is 0 Å². The SMILES string of the molecule is CC(C)c1cccc(CC(=O)N2CCn3ncc(-c4ccc(F)cc4)c3C2)c1. The Bertz CT molecular complexity index is 991. The van der Waals surface area contributed by atoms with E-state index in [0.29, 0.717) is 32.0 Å². The van der Waals surface area contributed by atoms with E-state index in [4.69, 9.17) is 0 Å². The average Bonchev–Trinajstić information content (AvgIpc) is 3.12. The largest absolute Gasteiger partial charge is 0.335 e. The van der Waals surface area contributed by atoms with Crippen LogP contribution in [0.4, 0.5) is 4.39 Å². The molecule has 4 rings (SSSR count). The second-order valence-electron chi connectivity index (χ2n) is 7.63. The van der Waals surface area contributed by atoms with Crippen molar-refractivity contribution in [1.29, 1.82) is 0 Å². The maximum absolute atomic E-state index is 13.2. The summed E-state index contributed by atoms with van der Waals surface area (Å²) in [5.41, 5.74) is 5.18. The van der Waals surface area contributed by atoms with Crippen molar-refractivity contribution >= 4 is 5.91 Å². The van der Waals surface area contributed by atoms with Gasteiger partial charge in [-0.3, -0.25) is 9.48 Å². The Morgan fingerprint density at radius 3 is 2.68 bits per heavy atom. The number of aromatic nitrogens is 2. The number of amides is 1. The van der Waals surface area contributed by atoms with Gasteiger partial charge in [-0.25, -0.2) is 4.39 Å². The first-order valence-corrected chi connectivity index (χ1v) is 9.68. The van der Waals surface area contributed by atoms with E-state index in [1.807, 2.05) is 27.9 Å². The van der Waals surface area contributed by atoms with Crippen molar-refractivity contribution in [2.75, 3.05) is 6.54 Å². The van der Waals surface area contributed by atoms with Crippen LogP contribution in [0.15, 0.2) is 54.7 Å². The molecule has 4 nitrogen and oxygen atoms in total. The quantitative estimate of drug-likeness (QED) is 0.676. The number of carbonyl (C=O) groups is 1. The van der Waals surface area contributed by atoms with E-state index in [9.17, 15) is 9.18 Å². The second kappa shape index (κ2) is 7.58. The molecule has 28 heavy (non-hydrogen) atoms. The minimum atomic E-state index is -0.259. The van der Waals surface area contributed by atoms with Gasteiger partial charge in [-0.15, -0.1) is 0 Å². The van der Waals surface area contributed by atoms with Crippen molar-refractivity contribution in [2.45, 2.75) is 39.3 Å². The van der Waals surface area contributed by atoms with E-state index < -0.39 is 0 Å². The molecule has 0 atom stereocenters. The first kappa shape index (κ1) is 18.4. The topological polar surface area (TPSA) is 38.1 Å². The van der Waals surface area contributed by atoms with Gasteiger partial charge in [0.25, 0.3) is 0 Å². The Morgan fingerprint density at radius 2 is 1.93 bits per heavy atom. The van der Waals surface area contributed by atoms with Gasteiger partial charge < -0.3 is 4.90 Å². The Kier molecular flexibility index (Phi) is 4.99. The normalized spacial score (nSPS) is 13.6. The highest BCUT2D eigenvalue weighted by Crippen LogP contribution is 2.27. The number of fused-ring (bicyclic) bond motifs is 1. The number of hydrogen-bond donors (Lipinski definition) is 0. The van der Waals surface area contributed by atoms with Gasteiger partial charge in [0.05, 0.1) is 31.4 Å². The molecule has 1 aromatic heterocycles. The fraction of sp³-hybridized carbons (Fsp3) is 0.304. The molecule has 0 saturated heterocycles. The summed E-state index contributed by atoms with van der Waals surface area (Å²) in [5.74, 6) is 0.307. The highest BCUT2D eigenvalue weighted by atomic mass is 19.1. The fourth-order valence-corrected chi connectivity index (χ4v) is 3.68. The molecular formula is C23H24FN3O.